The molecule has 9 heteroatoms. The smallest absolute Gasteiger partial charge is 0.322 e. The summed E-state index contributed by atoms with van der Waals surface area (Å²) < 4.78 is 7.19. The number of hydrogen-bond donors (Lipinski definition) is 1. The summed E-state index contributed by atoms with van der Waals surface area (Å²) in [4.78, 5) is 27.9. The molecule has 0 atom stereocenters. The first kappa shape index (κ1) is 15.4. The fourth-order valence-corrected chi connectivity index (χ4v) is 3.88. The third kappa shape index (κ3) is 2.38. The van der Waals surface area contributed by atoms with Crippen LogP contribution >= 0.6 is 0 Å². The Hall–Kier alpha value is -2.84. The van der Waals surface area contributed by atoms with Crippen LogP contribution in [0.5, 0.6) is 0 Å². The van der Waals surface area contributed by atoms with E-state index in [1.54, 1.807) is 16.0 Å². The standard InChI is InChI=1S/C17H20N6O3/c24-16(15-13-3-1-2-4-14(13)26-20-15)21-8-12(9-21)23-10-11(7-19-23)22-6-5-18-17(22)25/h7,10,12H,1-6,8-9H2,(H,18,25). The van der Waals surface area contributed by atoms with Crippen molar-refractivity contribution in [2.75, 3.05) is 31.1 Å². The number of rotatable bonds is 3. The SMILES string of the molecule is O=C(c1noc2c1CCCC2)N1CC(n2cc(N3CCNC3=O)cn2)C1. The third-order valence-electron chi connectivity index (χ3n) is 5.43. The predicted octanol–water partition coefficient (Wildman–Crippen LogP) is 0.977. The molecule has 3 aliphatic rings. The lowest BCUT2D eigenvalue weighted by molar-refractivity contribution is 0.0490. The van der Waals surface area contributed by atoms with Crippen LogP contribution < -0.4 is 10.2 Å². The van der Waals surface area contributed by atoms with Gasteiger partial charge in [-0.15, -0.1) is 0 Å². The van der Waals surface area contributed by atoms with Gasteiger partial charge < -0.3 is 14.7 Å². The van der Waals surface area contributed by atoms with Crippen molar-refractivity contribution < 1.29 is 14.1 Å². The van der Waals surface area contributed by atoms with Crippen LogP contribution in [0.1, 0.15) is 40.7 Å². The van der Waals surface area contributed by atoms with Gasteiger partial charge in [0.15, 0.2) is 5.69 Å². The van der Waals surface area contributed by atoms with Gasteiger partial charge in [0, 0.05) is 44.4 Å². The summed E-state index contributed by atoms with van der Waals surface area (Å²) in [6.07, 6.45) is 7.49. The highest BCUT2D eigenvalue weighted by Crippen LogP contribution is 2.29. The maximum absolute atomic E-state index is 12.7. The molecule has 0 spiro atoms. The molecule has 0 radical (unpaired) electrons. The van der Waals surface area contributed by atoms with Crippen molar-refractivity contribution in [2.45, 2.75) is 31.7 Å². The van der Waals surface area contributed by atoms with Crippen LogP contribution in [0.15, 0.2) is 16.9 Å². The number of carbonyl (C=O) groups excluding carboxylic acids is 2. The summed E-state index contributed by atoms with van der Waals surface area (Å²) in [5, 5.41) is 11.2. The largest absolute Gasteiger partial charge is 0.360 e. The van der Waals surface area contributed by atoms with E-state index in [1.807, 2.05) is 10.9 Å². The number of aryl methyl sites for hydroxylation is 1. The number of urea groups is 1. The van der Waals surface area contributed by atoms with Gasteiger partial charge in [-0.1, -0.05) is 5.16 Å². The molecule has 3 amide bonds. The van der Waals surface area contributed by atoms with E-state index in [2.05, 4.69) is 15.6 Å². The Morgan fingerprint density at radius 2 is 2.12 bits per heavy atom. The van der Waals surface area contributed by atoms with Crippen LogP contribution in [-0.4, -0.2) is 58.0 Å². The number of likely N-dealkylation sites (tertiary alicyclic amines) is 1. The number of anilines is 1. The van der Waals surface area contributed by atoms with E-state index in [1.165, 1.54) is 0 Å². The predicted molar refractivity (Wildman–Crippen MR) is 91.1 cm³/mol. The van der Waals surface area contributed by atoms with Gasteiger partial charge in [0.25, 0.3) is 5.91 Å². The first-order chi connectivity index (χ1) is 12.7. The third-order valence-corrected chi connectivity index (χ3v) is 5.43. The molecule has 1 N–H and O–H groups in total. The number of carbonyl (C=O) groups is 2. The first-order valence-corrected chi connectivity index (χ1v) is 9.07. The van der Waals surface area contributed by atoms with E-state index in [9.17, 15) is 9.59 Å². The number of hydrogen-bond acceptors (Lipinski definition) is 5. The summed E-state index contributed by atoms with van der Waals surface area (Å²) in [6, 6.07) is 0.0341. The highest BCUT2D eigenvalue weighted by Gasteiger charge is 2.36. The Bertz CT molecular complexity index is 866. The second-order valence-corrected chi connectivity index (χ2v) is 7.07. The monoisotopic (exact) mass is 356 g/mol. The van der Waals surface area contributed by atoms with Crippen molar-refractivity contribution in [1.29, 1.82) is 0 Å². The molecule has 0 aromatic carbocycles. The summed E-state index contributed by atoms with van der Waals surface area (Å²) >= 11 is 0. The minimum Gasteiger partial charge on any atom is -0.360 e. The summed E-state index contributed by atoms with van der Waals surface area (Å²) in [7, 11) is 0. The number of fused-ring (bicyclic) bond motifs is 1. The quantitative estimate of drug-likeness (QED) is 0.884. The van der Waals surface area contributed by atoms with Gasteiger partial charge in [0.1, 0.15) is 5.76 Å². The van der Waals surface area contributed by atoms with Crippen LogP contribution in [0.4, 0.5) is 10.5 Å². The van der Waals surface area contributed by atoms with Crippen molar-refractivity contribution in [3.63, 3.8) is 0 Å². The summed E-state index contributed by atoms with van der Waals surface area (Å²) in [6.45, 7) is 2.48. The van der Waals surface area contributed by atoms with Crippen LogP contribution in [0.3, 0.4) is 0 Å². The summed E-state index contributed by atoms with van der Waals surface area (Å²) in [5.41, 5.74) is 2.26. The Morgan fingerprint density at radius 3 is 2.92 bits per heavy atom. The molecular weight excluding hydrogens is 336 g/mol. The van der Waals surface area contributed by atoms with Crippen molar-refractivity contribution in [2.24, 2.45) is 0 Å². The number of aromatic nitrogens is 3. The minimum absolute atomic E-state index is 0.0561. The zero-order valence-corrected chi connectivity index (χ0v) is 14.3. The topological polar surface area (TPSA) is 96.5 Å². The van der Waals surface area contributed by atoms with E-state index in [4.69, 9.17) is 4.52 Å². The van der Waals surface area contributed by atoms with Gasteiger partial charge >= 0.3 is 6.03 Å². The molecule has 4 heterocycles. The highest BCUT2D eigenvalue weighted by molar-refractivity contribution is 5.95. The van der Waals surface area contributed by atoms with Crippen molar-refractivity contribution in [3.05, 3.63) is 29.4 Å². The molecule has 0 saturated carbocycles. The average Bonchev–Trinajstić information content (AvgIpc) is 3.32. The molecule has 0 unspecified atom stereocenters. The maximum atomic E-state index is 12.7. The molecule has 2 aromatic rings. The van der Waals surface area contributed by atoms with Gasteiger partial charge in [-0.25, -0.2) is 4.79 Å². The van der Waals surface area contributed by atoms with Crippen LogP contribution in [0.25, 0.3) is 0 Å². The number of amides is 3. The number of nitrogens with zero attached hydrogens (tertiary/aromatic N) is 5. The molecular formula is C17H20N6O3. The zero-order chi connectivity index (χ0) is 17.7. The molecule has 26 heavy (non-hydrogen) atoms. The van der Waals surface area contributed by atoms with Crippen LogP contribution in [0.2, 0.25) is 0 Å². The van der Waals surface area contributed by atoms with Crippen LogP contribution in [0, 0.1) is 0 Å². The Labute approximate surface area is 149 Å². The van der Waals surface area contributed by atoms with E-state index >= 15 is 0 Å². The van der Waals surface area contributed by atoms with E-state index in [0.29, 0.717) is 31.9 Å². The molecule has 2 aliphatic heterocycles. The zero-order valence-electron chi connectivity index (χ0n) is 14.3. The molecule has 2 aromatic heterocycles. The molecule has 1 aliphatic carbocycles. The van der Waals surface area contributed by atoms with E-state index in [-0.39, 0.29) is 18.0 Å². The van der Waals surface area contributed by atoms with Gasteiger partial charge in [0.2, 0.25) is 0 Å². The van der Waals surface area contributed by atoms with Crippen molar-refractivity contribution >= 4 is 17.6 Å². The number of nitrogens with one attached hydrogen (secondary N) is 1. The van der Waals surface area contributed by atoms with Crippen LogP contribution in [-0.2, 0) is 12.8 Å². The Kier molecular flexibility index (Phi) is 3.47. The van der Waals surface area contributed by atoms with Gasteiger partial charge in [0.05, 0.1) is 17.9 Å². The second kappa shape index (κ2) is 5.86. The van der Waals surface area contributed by atoms with Gasteiger partial charge in [-0.2, -0.15) is 5.10 Å². The fourth-order valence-electron chi connectivity index (χ4n) is 3.88. The maximum Gasteiger partial charge on any atom is 0.322 e. The Morgan fingerprint density at radius 1 is 1.27 bits per heavy atom. The molecule has 0 bridgehead atoms. The molecule has 136 valence electrons. The first-order valence-electron chi connectivity index (χ1n) is 9.07. The molecule has 9 nitrogen and oxygen atoms in total. The van der Waals surface area contributed by atoms with E-state index < -0.39 is 0 Å². The van der Waals surface area contributed by atoms with Crippen molar-refractivity contribution in [3.8, 4) is 0 Å². The second-order valence-electron chi connectivity index (χ2n) is 7.07. The highest BCUT2D eigenvalue weighted by atomic mass is 16.5. The van der Waals surface area contributed by atoms with Gasteiger partial charge in [-0.3, -0.25) is 14.4 Å². The molecule has 2 saturated heterocycles. The lowest BCUT2D eigenvalue weighted by Crippen LogP contribution is -2.51. The molecule has 5 rings (SSSR count). The van der Waals surface area contributed by atoms with Gasteiger partial charge in [-0.05, 0) is 19.3 Å². The fraction of sp³-hybridized carbons (Fsp3) is 0.529. The molecule has 2 fully saturated rings. The Balaban J connectivity index is 1.25. The van der Waals surface area contributed by atoms with Crippen molar-refractivity contribution in [1.82, 2.24) is 25.2 Å². The summed E-state index contributed by atoms with van der Waals surface area (Å²) in [5.74, 6) is 0.816. The normalized spacial score (nSPS) is 20.1. The minimum atomic E-state index is -0.0919. The lowest BCUT2D eigenvalue weighted by atomic mass is 9.95. The lowest BCUT2D eigenvalue weighted by Gasteiger charge is -2.38. The average molecular weight is 356 g/mol. The van der Waals surface area contributed by atoms with E-state index in [0.717, 1.165) is 42.7 Å².